The lowest BCUT2D eigenvalue weighted by Gasteiger charge is -2.17. The summed E-state index contributed by atoms with van der Waals surface area (Å²) < 4.78 is 9.18. The normalized spacial score (nSPS) is 11.6. The van der Waals surface area contributed by atoms with Gasteiger partial charge in [0.1, 0.15) is 17.9 Å². The molecule has 160 valence electrons. The standard InChI is InChI=1S/C20H21ClN8O2/c1-20(2,3)17(30)23-15-10-5-7-12(22-15)11-31-19-24-16-13(21)8-6-9-14(16)29(19)18-25-26-27-28(18)4/h5-10H,11H2,1-4H3,(H,22,23,30). The van der Waals surface area contributed by atoms with E-state index in [4.69, 9.17) is 16.3 Å². The largest absolute Gasteiger partial charge is 0.458 e. The molecular weight excluding hydrogens is 420 g/mol. The Bertz CT molecular complexity index is 1260. The van der Waals surface area contributed by atoms with E-state index in [0.29, 0.717) is 33.5 Å². The number of carbonyl (C=O) groups excluding carboxylic acids is 1. The highest BCUT2D eigenvalue weighted by atomic mass is 35.5. The molecule has 0 saturated heterocycles. The molecule has 0 radical (unpaired) electrons. The molecule has 0 aliphatic carbocycles. The number of nitrogens with zero attached hydrogens (tertiary/aromatic N) is 7. The number of carbonyl (C=O) groups is 1. The number of benzene rings is 1. The van der Waals surface area contributed by atoms with E-state index in [1.165, 1.54) is 4.68 Å². The van der Waals surface area contributed by atoms with E-state index in [0.717, 1.165) is 0 Å². The molecule has 1 amide bonds. The van der Waals surface area contributed by atoms with Crippen LogP contribution in [0.15, 0.2) is 36.4 Å². The second-order valence-electron chi connectivity index (χ2n) is 7.95. The number of fused-ring (bicyclic) bond motifs is 1. The number of rotatable bonds is 5. The second kappa shape index (κ2) is 7.95. The van der Waals surface area contributed by atoms with Gasteiger partial charge in [0.05, 0.1) is 16.2 Å². The molecule has 11 heteroatoms. The molecule has 4 aromatic rings. The first-order valence-corrected chi connectivity index (χ1v) is 9.92. The van der Waals surface area contributed by atoms with Gasteiger partial charge in [-0.3, -0.25) is 4.79 Å². The van der Waals surface area contributed by atoms with Crippen molar-refractivity contribution in [2.45, 2.75) is 27.4 Å². The Morgan fingerprint density at radius 1 is 1.16 bits per heavy atom. The van der Waals surface area contributed by atoms with Crippen LogP contribution in [0.2, 0.25) is 5.02 Å². The molecule has 3 heterocycles. The first-order chi connectivity index (χ1) is 14.7. The fourth-order valence-corrected chi connectivity index (χ4v) is 3.03. The quantitative estimate of drug-likeness (QED) is 0.507. The number of aryl methyl sites for hydroxylation is 1. The van der Waals surface area contributed by atoms with Crippen molar-refractivity contribution in [3.8, 4) is 12.0 Å². The van der Waals surface area contributed by atoms with Crippen molar-refractivity contribution in [2.24, 2.45) is 12.5 Å². The van der Waals surface area contributed by atoms with Crippen LogP contribution in [-0.4, -0.2) is 40.6 Å². The van der Waals surface area contributed by atoms with Crippen molar-refractivity contribution in [3.05, 3.63) is 47.1 Å². The minimum Gasteiger partial charge on any atom is -0.458 e. The zero-order valence-corrected chi connectivity index (χ0v) is 18.3. The van der Waals surface area contributed by atoms with E-state index in [1.54, 1.807) is 35.9 Å². The number of tetrazole rings is 1. The van der Waals surface area contributed by atoms with Gasteiger partial charge in [0.2, 0.25) is 5.91 Å². The molecular formula is C20H21ClN8O2. The Labute approximate surface area is 183 Å². The molecule has 3 aromatic heterocycles. The highest BCUT2D eigenvalue weighted by Gasteiger charge is 2.22. The van der Waals surface area contributed by atoms with Crippen LogP contribution < -0.4 is 10.1 Å². The second-order valence-corrected chi connectivity index (χ2v) is 8.35. The van der Waals surface area contributed by atoms with Gasteiger partial charge in [0, 0.05) is 12.5 Å². The van der Waals surface area contributed by atoms with Crippen molar-refractivity contribution in [2.75, 3.05) is 5.32 Å². The minimum absolute atomic E-state index is 0.117. The number of anilines is 1. The lowest BCUT2D eigenvalue weighted by molar-refractivity contribution is -0.123. The molecule has 0 saturated carbocycles. The molecule has 0 fully saturated rings. The van der Waals surface area contributed by atoms with Gasteiger partial charge in [-0.2, -0.15) is 4.98 Å². The third kappa shape index (κ3) is 4.19. The summed E-state index contributed by atoms with van der Waals surface area (Å²) in [4.78, 5) is 21.2. The van der Waals surface area contributed by atoms with E-state index < -0.39 is 5.41 Å². The van der Waals surface area contributed by atoms with Crippen LogP contribution >= 0.6 is 11.6 Å². The molecule has 0 atom stereocenters. The zero-order chi connectivity index (χ0) is 22.2. The van der Waals surface area contributed by atoms with Gasteiger partial charge in [-0.25, -0.2) is 14.2 Å². The maximum Gasteiger partial charge on any atom is 0.305 e. The Kier molecular flexibility index (Phi) is 5.32. The van der Waals surface area contributed by atoms with Crippen LogP contribution in [0.4, 0.5) is 5.82 Å². The zero-order valence-electron chi connectivity index (χ0n) is 17.5. The maximum atomic E-state index is 12.2. The molecule has 0 aliphatic heterocycles. The van der Waals surface area contributed by atoms with Crippen molar-refractivity contribution in [1.29, 1.82) is 0 Å². The number of ether oxygens (including phenoxy) is 1. The molecule has 4 rings (SSSR count). The number of nitrogens with one attached hydrogen (secondary N) is 1. The summed E-state index contributed by atoms with van der Waals surface area (Å²) in [7, 11) is 1.72. The smallest absolute Gasteiger partial charge is 0.305 e. The highest BCUT2D eigenvalue weighted by Crippen LogP contribution is 2.30. The van der Waals surface area contributed by atoms with E-state index >= 15 is 0 Å². The molecule has 1 aromatic carbocycles. The van der Waals surface area contributed by atoms with E-state index in [1.807, 2.05) is 32.9 Å². The number of aromatic nitrogens is 7. The number of pyridine rings is 1. The lowest BCUT2D eigenvalue weighted by Crippen LogP contribution is -2.28. The molecule has 0 spiro atoms. The number of hydrogen-bond donors (Lipinski definition) is 1. The SMILES string of the molecule is Cn1nnnc1-n1c(OCc2cccc(NC(=O)C(C)(C)C)n2)nc2c(Cl)cccc21. The van der Waals surface area contributed by atoms with Gasteiger partial charge in [-0.15, -0.1) is 0 Å². The number of halogens is 1. The molecule has 31 heavy (non-hydrogen) atoms. The van der Waals surface area contributed by atoms with Crippen LogP contribution in [0.25, 0.3) is 17.0 Å². The van der Waals surface area contributed by atoms with Crippen molar-refractivity contribution in [1.82, 2.24) is 34.7 Å². The maximum absolute atomic E-state index is 12.2. The summed E-state index contributed by atoms with van der Waals surface area (Å²) in [5.74, 6) is 0.762. The van der Waals surface area contributed by atoms with Gasteiger partial charge in [0.25, 0.3) is 5.95 Å². The number of para-hydroxylation sites is 1. The van der Waals surface area contributed by atoms with Crippen LogP contribution in [0.5, 0.6) is 6.01 Å². The van der Waals surface area contributed by atoms with Crippen molar-refractivity contribution >= 4 is 34.4 Å². The minimum atomic E-state index is -0.525. The van der Waals surface area contributed by atoms with E-state index in [2.05, 4.69) is 30.8 Å². The average Bonchev–Trinajstić information content (AvgIpc) is 3.29. The van der Waals surface area contributed by atoms with Gasteiger partial charge >= 0.3 is 6.01 Å². The van der Waals surface area contributed by atoms with Gasteiger partial charge in [-0.05, 0) is 34.7 Å². The van der Waals surface area contributed by atoms with Gasteiger partial charge < -0.3 is 10.1 Å². The first kappa shape index (κ1) is 20.7. The fourth-order valence-electron chi connectivity index (χ4n) is 2.82. The average molecular weight is 441 g/mol. The number of imidazole rings is 1. The third-order valence-corrected chi connectivity index (χ3v) is 4.79. The van der Waals surface area contributed by atoms with E-state index in [-0.39, 0.29) is 18.5 Å². The van der Waals surface area contributed by atoms with Gasteiger partial charge in [-0.1, -0.05) is 49.6 Å². The molecule has 0 unspecified atom stereocenters. The van der Waals surface area contributed by atoms with Crippen molar-refractivity contribution in [3.63, 3.8) is 0 Å². The number of amides is 1. The predicted molar refractivity (Wildman–Crippen MR) is 115 cm³/mol. The van der Waals surface area contributed by atoms with E-state index in [9.17, 15) is 4.79 Å². The Morgan fingerprint density at radius 3 is 2.65 bits per heavy atom. The molecule has 0 bridgehead atoms. The topological polar surface area (TPSA) is 113 Å². The molecule has 1 N–H and O–H groups in total. The van der Waals surface area contributed by atoms with Crippen LogP contribution in [-0.2, 0) is 18.4 Å². The summed E-state index contributed by atoms with van der Waals surface area (Å²) >= 11 is 6.32. The predicted octanol–water partition coefficient (Wildman–Crippen LogP) is 3.16. The Hall–Kier alpha value is -3.53. The summed E-state index contributed by atoms with van der Waals surface area (Å²) in [5.41, 5.74) is 1.37. The fraction of sp³-hybridized carbons (Fsp3) is 0.300. The third-order valence-electron chi connectivity index (χ3n) is 4.48. The van der Waals surface area contributed by atoms with Gasteiger partial charge in [0.15, 0.2) is 0 Å². The lowest BCUT2D eigenvalue weighted by atomic mass is 9.96. The molecule has 10 nitrogen and oxygen atoms in total. The Morgan fingerprint density at radius 2 is 1.94 bits per heavy atom. The monoisotopic (exact) mass is 440 g/mol. The first-order valence-electron chi connectivity index (χ1n) is 9.54. The number of hydrogen-bond acceptors (Lipinski definition) is 7. The van der Waals surface area contributed by atoms with Crippen LogP contribution in [0, 0.1) is 5.41 Å². The summed E-state index contributed by atoms with van der Waals surface area (Å²) in [6.45, 7) is 5.64. The summed E-state index contributed by atoms with van der Waals surface area (Å²) in [6.07, 6.45) is 0. The van der Waals surface area contributed by atoms with Crippen molar-refractivity contribution < 1.29 is 9.53 Å². The van der Waals surface area contributed by atoms with Crippen LogP contribution in [0.1, 0.15) is 26.5 Å². The Balaban J connectivity index is 1.63. The van der Waals surface area contributed by atoms with Crippen LogP contribution in [0.3, 0.4) is 0 Å². The summed E-state index contributed by atoms with van der Waals surface area (Å²) in [5, 5.41) is 15.0. The molecule has 0 aliphatic rings. The highest BCUT2D eigenvalue weighted by molar-refractivity contribution is 6.35. The summed E-state index contributed by atoms with van der Waals surface area (Å²) in [6, 6.07) is 11.0.